The number of rotatable bonds is 4. The summed E-state index contributed by atoms with van der Waals surface area (Å²) in [4.78, 5) is 0. The Bertz CT molecular complexity index is 4820. The van der Waals surface area contributed by atoms with Gasteiger partial charge in [0.1, 0.15) is 0 Å². The molecule has 0 saturated heterocycles. The predicted molar refractivity (Wildman–Crippen MR) is 219 cm³/mol. The first-order valence-corrected chi connectivity index (χ1v) is 15.8. The quantitative estimate of drug-likeness (QED) is 0.173. The Kier molecular flexibility index (Phi) is 2.56. The van der Waals surface area contributed by atoms with Gasteiger partial charge in [0.05, 0.1) is 68.9 Å². The van der Waals surface area contributed by atoms with Crippen molar-refractivity contribution in [2.75, 3.05) is 0 Å². The molecule has 0 N–H and O–H groups in total. The summed E-state index contributed by atoms with van der Waals surface area (Å²) in [5.41, 5.74) is -7.12. The van der Waals surface area contributed by atoms with E-state index in [0.717, 1.165) is 9.13 Å². The summed E-state index contributed by atoms with van der Waals surface area (Å²) in [5.74, 6) is 0. The van der Waals surface area contributed by atoms with Crippen LogP contribution in [0.4, 0.5) is 0 Å². The lowest BCUT2D eigenvalue weighted by Gasteiger charge is -2.15. The van der Waals surface area contributed by atoms with Crippen molar-refractivity contribution in [1.29, 1.82) is 0 Å². The second kappa shape index (κ2) is 11.0. The maximum Gasteiger partial charge on any atom is 0.0645 e. The molecule has 11 aromatic rings. The SMILES string of the molecule is [2H]c1c([2H])c([2H])c(-c2c(-n3c4c([2H])c([2H])c([2H])c([2H])c4c4c([2H])c(-c5c([2H])c([2H])c6c(c5[2H])c5c([2H])c([2H])c([2H])c([2H])c5n6-c5c([2H])c([2H])c([2H])c([2H])c5[2H])c([2H])c([2H])c43)c([2H])c([2H])c3c2sc2c([2H])c([2H])c([2H])c([2H])c23)c([2H])c1[2H]. The first kappa shape index (κ1) is 11.8. The number of nitrogens with zero attached hydrogens (tertiary/aromatic N) is 2. The van der Waals surface area contributed by atoms with Gasteiger partial charge in [0.25, 0.3) is 0 Å². The number of para-hydroxylation sites is 3. The van der Waals surface area contributed by atoms with Crippen LogP contribution in [0.15, 0.2) is 181 Å². The number of aromatic nitrogens is 2. The van der Waals surface area contributed by atoms with Crippen molar-refractivity contribution in [2.24, 2.45) is 0 Å². The molecule has 0 amide bonds. The maximum absolute atomic E-state index is 10.0. The van der Waals surface area contributed by atoms with Crippen molar-refractivity contribution < 1.29 is 41.1 Å². The smallest absolute Gasteiger partial charge is 0.0645 e. The van der Waals surface area contributed by atoms with E-state index in [-0.39, 0.29) is 20.2 Å². The highest BCUT2D eigenvalue weighted by Crippen LogP contribution is 2.45. The van der Waals surface area contributed by atoms with Crippen LogP contribution in [0.2, 0.25) is 0 Å². The molecule has 0 bridgehead atoms. The first-order valence-electron chi connectivity index (χ1n) is 30.0. The summed E-state index contributed by atoms with van der Waals surface area (Å²) >= 11 is 0.570. The zero-order valence-electron chi connectivity index (χ0n) is 55.3. The minimum Gasteiger partial charge on any atom is -0.309 e. The molecule has 0 spiro atoms. The molecule has 0 aliphatic heterocycles. The fourth-order valence-electron chi connectivity index (χ4n) is 6.26. The third kappa shape index (κ3) is 4.22. The Hall–Kier alpha value is -6.42. The van der Waals surface area contributed by atoms with Crippen LogP contribution in [0.5, 0.6) is 0 Å². The average molecular weight is 697 g/mol. The highest BCUT2D eigenvalue weighted by Gasteiger charge is 2.20. The third-order valence-electron chi connectivity index (χ3n) is 8.35. The highest BCUT2D eigenvalue weighted by atomic mass is 32.1. The van der Waals surface area contributed by atoms with E-state index in [4.69, 9.17) is 24.7 Å². The molecular formula is C48H30N2S. The summed E-state index contributed by atoms with van der Waals surface area (Å²) in [6.07, 6.45) is 0. The standard InChI is InChI=1S/C48H30N2S/c1-3-13-31(14-4-1)47-45(28-25-38-37-19-9-12-22-46(37)51-48(38)47)50-42-21-11-8-18-36(42)40-30-33(24-27-44(40)50)32-23-26-43-39(29-32)35-17-7-10-20-41(35)49(43)34-15-5-2-6-16-34/h1-30H/i1D,2D,3D,4D,5D,6D,7D,8D,9D,10D,11D,12D,13D,14D,15D,16D,17D,18D,19D,20D,21D,22D,23D,24D,25D,26D,27D,28D,29D,30D. The van der Waals surface area contributed by atoms with E-state index in [9.17, 15) is 16.4 Å². The second-order valence-electron chi connectivity index (χ2n) is 11.0. The van der Waals surface area contributed by atoms with Crippen molar-refractivity contribution >= 4 is 75.1 Å². The van der Waals surface area contributed by atoms with Gasteiger partial charge < -0.3 is 9.13 Å². The average Bonchev–Trinajstić information content (AvgIpc) is 3.86. The molecule has 0 unspecified atom stereocenters. The van der Waals surface area contributed by atoms with E-state index in [1.807, 2.05) is 0 Å². The van der Waals surface area contributed by atoms with E-state index in [1.54, 1.807) is 0 Å². The van der Waals surface area contributed by atoms with Crippen molar-refractivity contribution in [3.63, 3.8) is 0 Å². The molecular weight excluding hydrogens is 637 g/mol. The Labute approximate surface area is 340 Å². The van der Waals surface area contributed by atoms with Gasteiger partial charge in [-0.1, -0.05) is 121 Å². The Morgan fingerprint density at radius 3 is 1.59 bits per heavy atom. The number of fused-ring (bicyclic) bond motifs is 9. The van der Waals surface area contributed by atoms with Crippen molar-refractivity contribution in [3.05, 3.63) is 181 Å². The zero-order valence-corrected chi connectivity index (χ0v) is 26.1. The highest BCUT2D eigenvalue weighted by molar-refractivity contribution is 7.26. The summed E-state index contributed by atoms with van der Waals surface area (Å²) in [5, 5.41) is -3.15. The van der Waals surface area contributed by atoms with Gasteiger partial charge in [-0.2, -0.15) is 0 Å². The fourth-order valence-corrected chi connectivity index (χ4v) is 7.38. The largest absolute Gasteiger partial charge is 0.309 e. The molecule has 0 aliphatic rings. The molecule has 11 rings (SSSR count). The van der Waals surface area contributed by atoms with Gasteiger partial charge in [-0.3, -0.25) is 0 Å². The van der Waals surface area contributed by atoms with E-state index >= 15 is 0 Å². The Morgan fingerprint density at radius 1 is 0.373 bits per heavy atom. The van der Waals surface area contributed by atoms with Gasteiger partial charge in [-0.25, -0.2) is 0 Å². The van der Waals surface area contributed by atoms with Crippen LogP contribution < -0.4 is 0 Å². The van der Waals surface area contributed by atoms with Crippen LogP contribution in [0.3, 0.4) is 0 Å². The molecule has 2 nitrogen and oxygen atoms in total. The van der Waals surface area contributed by atoms with Crippen LogP contribution in [0.25, 0.3) is 97.4 Å². The molecule has 3 aromatic heterocycles. The topological polar surface area (TPSA) is 9.86 Å². The normalized spacial score (nSPS) is 20.2. The number of hydrogen-bond donors (Lipinski definition) is 0. The van der Waals surface area contributed by atoms with E-state index in [2.05, 4.69) is 0 Å². The number of thiophene rings is 1. The first-order chi connectivity index (χ1) is 37.8. The molecule has 8 aromatic carbocycles. The Morgan fingerprint density at radius 2 is 0.902 bits per heavy atom. The summed E-state index contributed by atoms with van der Waals surface area (Å²) in [7, 11) is 0. The van der Waals surface area contributed by atoms with Crippen LogP contribution >= 0.6 is 11.3 Å². The number of hydrogen-bond acceptors (Lipinski definition) is 1. The van der Waals surface area contributed by atoms with Crippen molar-refractivity contribution in [1.82, 2.24) is 9.13 Å². The van der Waals surface area contributed by atoms with Gasteiger partial charge in [0.15, 0.2) is 0 Å². The van der Waals surface area contributed by atoms with Crippen LogP contribution in [0, 0.1) is 0 Å². The fraction of sp³-hybridized carbons (Fsp3) is 0. The van der Waals surface area contributed by atoms with Gasteiger partial charge in [-0.15, -0.1) is 11.3 Å². The van der Waals surface area contributed by atoms with Crippen LogP contribution in [-0.4, -0.2) is 9.13 Å². The summed E-state index contributed by atoms with van der Waals surface area (Å²) in [6.45, 7) is 0. The van der Waals surface area contributed by atoms with Crippen molar-refractivity contribution in [2.45, 2.75) is 0 Å². The molecule has 0 saturated carbocycles. The maximum atomic E-state index is 10.0. The third-order valence-corrected chi connectivity index (χ3v) is 9.48. The molecule has 51 heavy (non-hydrogen) atoms. The summed E-state index contributed by atoms with van der Waals surface area (Å²) < 4.78 is 273. The second-order valence-corrected chi connectivity index (χ2v) is 12.0. The predicted octanol–water partition coefficient (Wildman–Crippen LogP) is 13.6. The zero-order chi connectivity index (χ0) is 59.6. The van der Waals surface area contributed by atoms with E-state index in [1.165, 1.54) is 0 Å². The lowest BCUT2D eigenvalue weighted by atomic mass is 9.99. The minimum absolute atomic E-state index is 0.207. The minimum atomic E-state index is -1.09. The molecule has 3 heterocycles. The monoisotopic (exact) mass is 696 g/mol. The van der Waals surface area contributed by atoms with Gasteiger partial charge >= 0.3 is 0 Å². The van der Waals surface area contributed by atoms with Crippen molar-refractivity contribution in [3.8, 4) is 33.6 Å². The molecule has 0 fully saturated rings. The van der Waals surface area contributed by atoms with Crippen LogP contribution in [0.1, 0.15) is 41.1 Å². The van der Waals surface area contributed by atoms with Gasteiger partial charge in [-0.05, 0) is 77.1 Å². The lowest BCUT2D eigenvalue weighted by Crippen LogP contribution is -1.97. The van der Waals surface area contributed by atoms with E-state index < -0.39 is 259 Å². The summed E-state index contributed by atoms with van der Waals surface area (Å²) in [6, 6.07) is -27.1. The number of benzene rings is 8. The van der Waals surface area contributed by atoms with Gasteiger partial charge in [0, 0.05) is 53.0 Å². The molecule has 0 atom stereocenters. The molecule has 238 valence electrons. The van der Waals surface area contributed by atoms with Crippen LogP contribution in [-0.2, 0) is 0 Å². The van der Waals surface area contributed by atoms with Gasteiger partial charge in [0.2, 0.25) is 0 Å². The lowest BCUT2D eigenvalue weighted by molar-refractivity contribution is 1.18. The molecule has 3 heteroatoms. The van der Waals surface area contributed by atoms with E-state index in [0.29, 0.717) is 11.3 Å². The molecule has 0 aliphatic carbocycles. The molecule has 0 radical (unpaired) electrons. The Balaban J connectivity index is 1.39.